The lowest BCUT2D eigenvalue weighted by atomic mass is 10.2. The largest absolute Gasteiger partial charge is 0.355 e. The van der Waals surface area contributed by atoms with Crippen molar-refractivity contribution in [1.82, 2.24) is 10.6 Å². The van der Waals surface area contributed by atoms with Gasteiger partial charge in [0.15, 0.2) is 5.96 Å². The Labute approximate surface area is 156 Å². The molecule has 1 aromatic carbocycles. The van der Waals surface area contributed by atoms with Gasteiger partial charge in [-0.15, -0.1) is 24.0 Å². The van der Waals surface area contributed by atoms with Crippen molar-refractivity contribution in [1.29, 1.82) is 0 Å². The number of carbonyl (C=O) groups is 1. The molecule has 2 N–H and O–H groups in total. The Hall–Kier alpha value is -1.31. The van der Waals surface area contributed by atoms with Gasteiger partial charge in [0.05, 0.1) is 0 Å². The molecule has 1 amide bonds. The van der Waals surface area contributed by atoms with Gasteiger partial charge in [0.1, 0.15) is 0 Å². The highest BCUT2D eigenvalue weighted by Gasteiger charge is 2.22. The molecule has 1 unspecified atom stereocenters. The Morgan fingerprint density at radius 1 is 1.39 bits per heavy atom. The van der Waals surface area contributed by atoms with Gasteiger partial charge >= 0.3 is 0 Å². The molecule has 2 rings (SSSR count). The van der Waals surface area contributed by atoms with Crippen LogP contribution in [0.3, 0.4) is 0 Å². The molecule has 1 heterocycles. The number of rotatable bonds is 5. The Balaban J connectivity index is 0.00000264. The van der Waals surface area contributed by atoms with Crippen molar-refractivity contribution in [2.75, 3.05) is 25.0 Å². The van der Waals surface area contributed by atoms with Crippen molar-refractivity contribution in [3.05, 3.63) is 29.8 Å². The number of guanidine groups is 1. The highest BCUT2D eigenvalue weighted by atomic mass is 127. The zero-order valence-corrected chi connectivity index (χ0v) is 16.5. The summed E-state index contributed by atoms with van der Waals surface area (Å²) in [5, 5.41) is 6.26. The molecule has 0 saturated heterocycles. The second-order valence-electron chi connectivity index (χ2n) is 5.63. The van der Waals surface area contributed by atoms with Gasteiger partial charge in [0.25, 0.3) is 0 Å². The van der Waals surface area contributed by atoms with Gasteiger partial charge in [-0.3, -0.25) is 9.79 Å². The first-order valence-corrected chi connectivity index (χ1v) is 8.01. The van der Waals surface area contributed by atoms with Gasteiger partial charge in [-0.2, -0.15) is 0 Å². The fraction of sp³-hybridized carbons (Fsp3) is 0.529. The average Bonchev–Trinajstić information content (AvgIpc) is 2.95. The fourth-order valence-electron chi connectivity index (χ4n) is 2.59. The van der Waals surface area contributed by atoms with Gasteiger partial charge in [-0.1, -0.05) is 25.1 Å². The summed E-state index contributed by atoms with van der Waals surface area (Å²) in [6.45, 7) is 5.60. The standard InChI is InChI=1S/C17H26N4O.HI/c1-4-13(2)20-16(22)9-11-19-17(18-3)21-12-10-14-7-5-6-8-15(14)21;/h5-8,13H,4,9-12H2,1-3H3,(H,18,19)(H,20,22);1H. The topological polar surface area (TPSA) is 56.7 Å². The predicted molar refractivity (Wildman–Crippen MR) is 107 cm³/mol. The number of aliphatic imine (C=N–C) groups is 1. The molecule has 1 aliphatic heterocycles. The van der Waals surface area contributed by atoms with Crippen LogP contribution in [0.5, 0.6) is 0 Å². The van der Waals surface area contributed by atoms with E-state index >= 15 is 0 Å². The van der Waals surface area contributed by atoms with E-state index in [4.69, 9.17) is 0 Å². The van der Waals surface area contributed by atoms with E-state index in [0.29, 0.717) is 13.0 Å². The number of nitrogens with one attached hydrogen (secondary N) is 2. The molecule has 1 atom stereocenters. The third kappa shape index (κ3) is 5.37. The lowest BCUT2D eigenvalue weighted by Gasteiger charge is -2.22. The van der Waals surface area contributed by atoms with E-state index in [1.54, 1.807) is 7.05 Å². The van der Waals surface area contributed by atoms with Gasteiger partial charge in [0, 0.05) is 38.3 Å². The van der Waals surface area contributed by atoms with Crippen molar-refractivity contribution in [2.24, 2.45) is 4.99 Å². The number of nitrogens with zero attached hydrogens (tertiary/aromatic N) is 2. The maximum Gasteiger partial charge on any atom is 0.221 e. The van der Waals surface area contributed by atoms with Crippen LogP contribution in [0, 0.1) is 0 Å². The van der Waals surface area contributed by atoms with Crippen LogP contribution in [0.2, 0.25) is 0 Å². The van der Waals surface area contributed by atoms with Crippen molar-refractivity contribution < 1.29 is 4.79 Å². The predicted octanol–water partition coefficient (Wildman–Crippen LogP) is 2.55. The molecule has 128 valence electrons. The van der Waals surface area contributed by atoms with Crippen LogP contribution < -0.4 is 15.5 Å². The number of para-hydroxylation sites is 1. The van der Waals surface area contributed by atoms with Gasteiger partial charge in [0.2, 0.25) is 5.91 Å². The number of benzene rings is 1. The molecule has 0 aromatic heterocycles. The molecule has 0 fully saturated rings. The molecular formula is C17H27IN4O. The highest BCUT2D eigenvalue weighted by Crippen LogP contribution is 2.27. The Kier molecular flexibility index (Phi) is 8.36. The molecule has 0 saturated carbocycles. The number of carbonyl (C=O) groups excluding carboxylic acids is 1. The summed E-state index contributed by atoms with van der Waals surface area (Å²) >= 11 is 0. The second kappa shape index (κ2) is 9.75. The van der Waals surface area contributed by atoms with Crippen molar-refractivity contribution >= 4 is 41.5 Å². The quantitative estimate of drug-likeness (QED) is 0.429. The van der Waals surface area contributed by atoms with E-state index in [-0.39, 0.29) is 35.9 Å². The smallest absolute Gasteiger partial charge is 0.221 e. The SMILES string of the molecule is CCC(C)NC(=O)CCNC(=NC)N1CCc2ccccc21.I. The summed E-state index contributed by atoms with van der Waals surface area (Å²) in [4.78, 5) is 18.3. The average molecular weight is 430 g/mol. The summed E-state index contributed by atoms with van der Waals surface area (Å²) in [6, 6.07) is 8.62. The maximum absolute atomic E-state index is 11.8. The molecule has 6 heteroatoms. The van der Waals surface area contributed by atoms with Gasteiger partial charge in [-0.05, 0) is 31.4 Å². The Morgan fingerprint density at radius 3 is 2.83 bits per heavy atom. The minimum Gasteiger partial charge on any atom is -0.355 e. The maximum atomic E-state index is 11.8. The van der Waals surface area contributed by atoms with Crippen LogP contribution in [0.25, 0.3) is 0 Å². The number of amides is 1. The summed E-state index contributed by atoms with van der Waals surface area (Å²) in [5.74, 6) is 0.917. The van der Waals surface area contributed by atoms with E-state index in [2.05, 4.69) is 45.6 Å². The first-order chi connectivity index (χ1) is 10.7. The fourth-order valence-corrected chi connectivity index (χ4v) is 2.59. The normalized spacial score (nSPS) is 14.7. The summed E-state index contributed by atoms with van der Waals surface area (Å²) in [7, 11) is 1.78. The zero-order valence-electron chi connectivity index (χ0n) is 14.1. The highest BCUT2D eigenvalue weighted by molar-refractivity contribution is 14.0. The van der Waals surface area contributed by atoms with Crippen LogP contribution in [0.1, 0.15) is 32.3 Å². The minimum atomic E-state index is 0. The van der Waals surface area contributed by atoms with Crippen LogP contribution in [-0.2, 0) is 11.2 Å². The number of hydrogen-bond donors (Lipinski definition) is 2. The summed E-state index contributed by atoms with van der Waals surface area (Å²) < 4.78 is 0. The lowest BCUT2D eigenvalue weighted by Crippen LogP contribution is -2.42. The van der Waals surface area contributed by atoms with Crippen LogP contribution in [-0.4, -0.2) is 38.0 Å². The van der Waals surface area contributed by atoms with Crippen molar-refractivity contribution in [3.63, 3.8) is 0 Å². The minimum absolute atomic E-state index is 0. The van der Waals surface area contributed by atoms with Crippen molar-refractivity contribution in [3.8, 4) is 0 Å². The van der Waals surface area contributed by atoms with Crippen LogP contribution >= 0.6 is 24.0 Å². The second-order valence-corrected chi connectivity index (χ2v) is 5.63. The molecule has 1 aromatic rings. The van der Waals surface area contributed by atoms with E-state index in [1.165, 1.54) is 11.3 Å². The first kappa shape index (κ1) is 19.7. The van der Waals surface area contributed by atoms with Gasteiger partial charge < -0.3 is 15.5 Å². The first-order valence-electron chi connectivity index (χ1n) is 8.01. The Morgan fingerprint density at radius 2 is 2.13 bits per heavy atom. The van der Waals surface area contributed by atoms with Crippen LogP contribution in [0.4, 0.5) is 5.69 Å². The monoisotopic (exact) mass is 430 g/mol. The van der Waals surface area contributed by atoms with E-state index in [1.807, 2.05) is 13.0 Å². The molecule has 5 nitrogen and oxygen atoms in total. The van der Waals surface area contributed by atoms with E-state index < -0.39 is 0 Å². The molecule has 0 radical (unpaired) electrons. The van der Waals surface area contributed by atoms with Crippen molar-refractivity contribution in [2.45, 2.75) is 39.2 Å². The zero-order chi connectivity index (χ0) is 15.9. The van der Waals surface area contributed by atoms with Gasteiger partial charge in [-0.25, -0.2) is 0 Å². The third-order valence-corrected chi connectivity index (χ3v) is 4.01. The molecule has 1 aliphatic rings. The number of halogens is 1. The number of fused-ring (bicyclic) bond motifs is 1. The molecule has 0 aliphatic carbocycles. The lowest BCUT2D eigenvalue weighted by molar-refractivity contribution is -0.121. The van der Waals surface area contributed by atoms with E-state index in [0.717, 1.165) is 25.3 Å². The molecular weight excluding hydrogens is 403 g/mol. The van der Waals surface area contributed by atoms with E-state index in [9.17, 15) is 4.79 Å². The number of anilines is 1. The third-order valence-electron chi connectivity index (χ3n) is 4.01. The van der Waals surface area contributed by atoms with Crippen LogP contribution in [0.15, 0.2) is 29.3 Å². The summed E-state index contributed by atoms with van der Waals surface area (Å²) in [5.41, 5.74) is 2.56. The molecule has 23 heavy (non-hydrogen) atoms. The Bertz CT molecular complexity index is 547. The number of hydrogen-bond acceptors (Lipinski definition) is 2. The summed E-state index contributed by atoms with van der Waals surface area (Å²) in [6.07, 6.45) is 2.44. The molecule has 0 bridgehead atoms. The molecule has 0 spiro atoms.